The van der Waals surface area contributed by atoms with Crippen LogP contribution in [0.1, 0.15) is 37.7 Å². The molecule has 1 saturated carbocycles. The lowest BCUT2D eigenvalue weighted by Crippen LogP contribution is -2.48. The van der Waals surface area contributed by atoms with E-state index in [0.717, 1.165) is 31.2 Å². The van der Waals surface area contributed by atoms with Crippen LogP contribution in [-0.4, -0.2) is 17.9 Å². The van der Waals surface area contributed by atoms with Crippen molar-refractivity contribution >= 4 is 23.4 Å². The number of hydrogen-bond acceptors (Lipinski definition) is 2. The van der Waals surface area contributed by atoms with Crippen LogP contribution in [0.4, 0.5) is 0 Å². The van der Waals surface area contributed by atoms with Gasteiger partial charge in [0.25, 0.3) is 0 Å². The van der Waals surface area contributed by atoms with E-state index in [0.29, 0.717) is 11.4 Å². The number of nitrogens with two attached hydrogens (primary N) is 1. The number of benzene rings is 1. The molecule has 1 aliphatic carbocycles. The summed E-state index contributed by atoms with van der Waals surface area (Å²) in [6.07, 6.45) is 5.44. The highest BCUT2D eigenvalue weighted by Crippen LogP contribution is 2.24. The number of amides is 2. The van der Waals surface area contributed by atoms with E-state index in [2.05, 4.69) is 5.32 Å². The van der Waals surface area contributed by atoms with Gasteiger partial charge in [0.2, 0.25) is 11.8 Å². The Labute approximate surface area is 130 Å². The topological polar surface area (TPSA) is 72.2 Å². The molecule has 1 aliphatic rings. The van der Waals surface area contributed by atoms with Gasteiger partial charge in [0.05, 0.1) is 0 Å². The number of rotatable bonds is 5. The maximum atomic E-state index is 12.2. The highest BCUT2D eigenvalue weighted by Gasteiger charge is 2.26. The minimum Gasteiger partial charge on any atom is -0.368 e. The molecular formula is C16H21ClN2O2. The van der Waals surface area contributed by atoms with Gasteiger partial charge >= 0.3 is 0 Å². The molecule has 0 saturated heterocycles. The van der Waals surface area contributed by atoms with E-state index < -0.39 is 11.9 Å². The molecule has 114 valence electrons. The normalized spacial score (nSPS) is 17.2. The van der Waals surface area contributed by atoms with Crippen LogP contribution in [0.5, 0.6) is 0 Å². The van der Waals surface area contributed by atoms with Crippen molar-refractivity contribution in [3.63, 3.8) is 0 Å². The summed E-state index contributed by atoms with van der Waals surface area (Å²) in [5.74, 6) is -0.587. The Morgan fingerprint density at radius 1 is 1.24 bits per heavy atom. The third-order valence-corrected chi connectivity index (χ3v) is 4.39. The van der Waals surface area contributed by atoms with Crippen molar-refractivity contribution < 1.29 is 9.59 Å². The van der Waals surface area contributed by atoms with Gasteiger partial charge in [-0.3, -0.25) is 9.59 Å². The molecule has 0 spiro atoms. The van der Waals surface area contributed by atoms with Gasteiger partial charge in [-0.25, -0.2) is 0 Å². The SMILES string of the molecule is NC(=O)[C@H](Cc1ccccc1Cl)NC(=O)C1CCCCC1. The summed E-state index contributed by atoms with van der Waals surface area (Å²) in [4.78, 5) is 23.8. The predicted octanol–water partition coefficient (Wildman–Crippen LogP) is 2.43. The van der Waals surface area contributed by atoms with Crippen molar-refractivity contribution in [2.45, 2.75) is 44.6 Å². The number of carbonyl (C=O) groups excluding carboxylic acids is 2. The van der Waals surface area contributed by atoms with Crippen molar-refractivity contribution in [3.05, 3.63) is 34.9 Å². The summed E-state index contributed by atoms with van der Waals surface area (Å²) >= 11 is 6.09. The first kappa shape index (κ1) is 15.8. The predicted molar refractivity (Wildman–Crippen MR) is 82.9 cm³/mol. The fraction of sp³-hybridized carbons (Fsp3) is 0.500. The highest BCUT2D eigenvalue weighted by atomic mass is 35.5. The second-order valence-corrected chi connectivity index (χ2v) is 6.00. The smallest absolute Gasteiger partial charge is 0.240 e. The molecule has 3 N–H and O–H groups in total. The van der Waals surface area contributed by atoms with Gasteiger partial charge in [-0.15, -0.1) is 0 Å². The van der Waals surface area contributed by atoms with Gasteiger partial charge in [0, 0.05) is 17.4 Å². The molecule has 0 aliphatic heterocycles. The molecule has 2 rings (SSSR count). The first-order valence-electron chi connectivity index (χ1n) is 7.41. The van der Waals surface area contributed by atoms with Gasteiger partial charge in [-0.1, -0.05) is 49.1 Å². The Morgan fingerprint density at radius 3 is 2.52 bits per heavy atom. The van der Waals surface area contributed by atoms with Crippen molar-refractivity contribution in [2.24, 2.45) is 11.7 Å². The molecule has 2 amide bonds. The van der Waals surface area contributed by atoms with Gasteiger partial charge in [-0.2, -0.15) is 0 Å². The molecule has 21 heavy (non-hydrogen) atoms. The van der Waals surface area contributed by atoms with Crippen LogP contribution in [0.15, 0.2) is 24.3 Å². The summed E-state index contributed by atoms with van der Waals surface area (Å²) in [6.45, 7) is 0. The average molecular weight is 309 g/mol. The lowest BCUT2D eigenvalue weighted by Gasteiger charge is -2.23. The molecule has 1 aromatic carbocycles. The standard InChI is InChI=1S/C16H21ClN2O2/c17-13-9-5-4-8-12(13)10-14(15(18)20)19-16(21)11-6-2-1-3-7-11/h4-5,8-9,11,14H,1-3,6-7,10H2,(H2,18,20)(H,19,21)/t14-/m0/s1. The van der Waals surface area contributed by atoms with Crippen molar-refractivity contribution in [2.75, 3.05) is 0 Å². The van der Waals surface area contributed by atoms with E-state index in [1.807, 2.05) is 18.2 Å². The first-order valence-corrected chi connectivity index (χ1v) is 7.79. The van der Waals surface area contributed by atoms with Gasteiger partial charge in [-0.05, 0) is 24.5 Å². The van der Waals surface area contributed by atoms with E-state index >= 15 is 0 Å². The lowest BCUT2D eigenvalue weighted by atomic mass is 9.88. The van der Waals surface area contributed by atoms with Crippen molar-refractivity contribution in [3.8, 4) is 0 Å². The van der Waals surface area contributed by atoms with Crippen LogP contribution < -0.4 is 11.1 Å². The molecule has 0 aromatic heterocycles. The fourth-order valence-electron chi connectivity index (χ4n) is 2.76. The zero-order chi connectivity index (χ0) is 15.2. The molecular weight excluding hydrogens is 288 g/mol. The van der Waals surface area contributed by atoms with Gasteiger partial charge < -0.3 is 11.1 Å². The molecule has 5 heteroatoms. The van der Waals surface area contributed by atoms with E-state index in [1.54, 1.807) is 6.07 Å². The van der Waals surface area contributed by atoms with Crippen molar-refractivity contribution in [1.82, 2.24) is 5.32 Å². The highest BCUT2D eigenvalue weighted by molar-refractivity contribution is 6.31. The summed E-state index contributed by atoms with van der Waals surface area (Å²) < 4.78 is 0. The monoisotopic (exact) mass is 308 g/mol. The molecule has 0 unspecified atom stereocenters. The molecule has 1 fully saturated rings. The number of halogens is 1. The Hall–Kier alpha value is -1.55. The van der Waals surface area contributed by atoms with Crippen LogP contribution in [0.3, 0.4) is 0 Å². The Kier molecular flexibility index (Phi) is 5.62. The molecule has 4 nitrogen and oxygen atoms in total. The lowest BCUT2D eigenvalue weighted by molar-refractivity contribution is -0.130. The van der Waals surface area contributed by atoms with E-state index in [9.17, 15) is 9.59 Å². The molecule has 1 atom stereocenters. The molecule has 0 bridgehead atoms. The van der Waals surface area contributed by atoms with Crippen molar-refractivity contribution in [1.29, 1.82) is 0 Å². The Morgan fingerprint density at radius 2 is 1.90 bits per heavy atom. The number of primary amides is 1. The number of hydrogen-bond donors (Lipinski definition) is 2. The van der Waals surface area contributed by atoms with Gasteiger partial charge in [0.15, 0.2) is 0 Å². The molecule has 1 aromatic rings. The third-order valence-electron chi connectivity index (χ3n) is 4.02. The minimum absolute atomic E-state index is 0.00634. The summed E-state index contributed by atoms with van der Waals surface area (Å²) in [7, 11) is 0. The van der Waals surface area contributed by atoms with Crippen LogP contribution in [-0.2, 0) is 16.0 Å². The van der Waals surface area contributed by atoms with E-state index in [1.165, 1.54) is 6.42 Å². The number of carbonyl (C=O) groups is 2. The van der Waals surface area contributed by atoms with E-state index in [-0.39, 0.29) is 11.8 Å². The summed E-state index contributed by atoms with van der Waals surface area (Å²) in [5.41, 5.74) is 6.23. The quantitative estimate of drug-likeness (QED) is 0.877. The van der Waals surface area contributed by atoms with Crippen LogP contribution in [0.25, 0.3) is 0 Å². The average Bonchev–Trinajstić information content (AvgIpc) is 2.49. The maximum Gasteiger partial charge on any atom is 0.240 e. The molecule has 0 heterocycles. The first-order chi connectivity index (χ1) is 10.1. The zero-order valence-electron chi connectivity index (χ0n) is 12.0. The second kappa shape index (κ2) is 7.46. The summed E-state index contributed by atoms with van der Waals surface area (Å²) in [5, 5.41) is 3.37. The largest absolute Gasteiger partial charge is 0.368 e. The molecule has 0 radical (unpaired) electrons. The van der Waals surface area contributed by atoms with Crippen LogP contribution >= 0.6 is 11.6 Å². The van der Waals surface area contributed by atoms with Crippen LogP contribution in [0.2, 0.25) is 5.02 Å². The fourth-order valence-corrected chi connectivity index (χ4v) is 2.97. The Bertz CT molecular complexity index is 513. The number of nitrogens with one attached hydrogen (secondary N) is 1. The van der Waals surface area contributed by atoms with E-state index in [4.69, 9.17) is 17.3 Å². The van der Waals surface area contributed by atoms with Crippen LogP contribution in [0, 0.1) is 5.92 Å². The second-order valence-electron chi connectivity index (χ2n) is 5.59. The minimum atomic E-state index is -0.709. The Balaban J connectivity index is 2.00. The summed E-state index contributed by atoms with van der Waals surface area (Å²) in [6, 6.07) is 6.57. The zero-order valence-corrected chi connectivity index (χ0v) is 12.7. The maximum absolute atomic E-state index is 12.2. The third kappa shape index (κ3) is 4.46. The van der Waals surface area contributed by atoms with Gasteiger partial charge in [0.1, 0.15) is 6.04 Å².